The topological polar surface area (TPSA) is 101 Å². The number of carbonyl (C=O) groups excluding carboxylic acids is 2. The minimum Gasteiger partial charge on any atom is -0.480 e. The summed E-state index contributed by atoms with van der Waals surface area (Å²) in [4.78, 5) is 35.8. The first kappa shape index (κ1) is 18.1. The average molecular weight is 368 g/mol. The van der Waals surface area contributed by atoms with Gasteiger partial charge in [-0.3, -0.25) is 14.5 Å². The Labute approximate surface area is 146 Å². The lowest BCUT2D eigenvalue weighted by Crippen LogP contribution is -2.44. The maximum absolute atomic E-state index is 13.7. The van der Waals surface area contributed by atoms with E-state index in [2.05, 4.69) is 0 Å². The van der Waals surface area contributed by atoms with Crippen LogP contribution in [0.15, 0.2) is 29.2 Å². The molecule has 126 valence electrons. The minimum absolute atomic E-state index is 0.0412. The highest BCUT2D eigenvalue weighted by Gasteiger charge is 2.40. The highest BCUT2D eigenvalue weighted by molar-refractivity contribution is 8.26. The zero-order valence-corrected chi connectivity index (χ0v) is 13.9. The van der Waals surface area contributed by atoms with Crippen molar-refractivity contribution in [3.05, 3.63) is 40.6 Å². The number of halogens is 1. The second kappa shape index (κ2) is 7.54. The summed E-state index contributed by atoms with van der Waals surface area (Å²) in [6, 6.07) is 4.57. The number of benzene rings is 1. The third kappa shape index (κ3) is 3.98. The Morgan fingerprint density at radius 2 is 2.08 bits per heavy atom. The lowest BCUT2D eigenvalue weighted by Gasteiger charge is -2.22. The summed E-state index contributed by atoms with van der Waals surface area (Å²) in [6.07, 6.45) is 0.978. The van der Waals surface area contributed by atoms with Crippen LogP contribution >= 0.6 is 24.0 Å². The molecule has 9 heteroatoms. The molecule has 1 saturated heterocycles. The van der Waals surface area contributed by atoms with E-state index in [1.54, 1.807) is 6.07 Å². The Bertz CT molecular complexity index is 751. The van der Waals surface area contributed by atoms with Crippen LogP contribution in [0, 0.1) is 5.82 Å². The Balaban J connectivity index is 2.28. The van der Waals surface area contributed by atoms with Gasteiger partial charge in [0.15, 0.2) is 0 Å². The van der Waals surface area contributed by atoms with Gasteiger partial charge in [-0.15, -0.1) is 0 Å². The molecule has 0 bridgehead atoms. The molecule has 0 spiro atoms. The molecule has 1 atom stereocenters. The predicted molar refractivity (Wildman–Crippen MR) is 91.3 cm³/mol. The van der Waals surface area contributed by atoms with E-state index in [9.17, 15) is 23.9 Å². The van der Waals surface area contributed by atoms with E-state index in [4.69, 9.17) is 18.0 Å². The Hall–Kier alpha value is -2.26. The largest absolute Gasteiger partial charge is 0.480 e. The molecule has 1 aromatic rings. The first-order valence-corrected chi connectivity index (χ1v) is 8.06. The van der Waals surface area contributed by atoms with Crippen LogP contribution in [0.5, 0.6) is 0 Å². The van der Waals surface area contributed by atoms with Gasteiger partial charge in [-0.05, 0) is 18.6 Å². The van der Waals surface area contributed by atoms with Crippen molar-refractivity contribution in [2.45, 2.75) is 18.9 Å². The summed E-state index contributed by atoms with van der Waals surface area (Å²) in [5.41, 5.74) is 5.22. The molecule has 1 fully saturated rings. The van der Waals surface area contributed by atoms with Crippen molar-refractivity contribution in [2.75, 3.05) is 0 Å². The predicted octanol–water partition coefficient (Wildman–Crippen LogP) is 1.75. The first-order valence-electron chi connectivity index (χ1n) is 6.84. The zero-order chi connectivity index (χ0) is 17.9. The Morgan fingerprint density at radius 1 is 1.42 bits per heavy atom. The van der Waals surface area contributed by atoms with Crippen LogP contribution < -0.4 is 5.73 Å². The fourth-order valence-corrected chi connectivity index (χ4v) is 3.47. The lowest BCUT2D eigenvalue weighted by molar-refractivity contribution is -0.145. The molecule has 1 unspecified atom stereocenters. The number of thiocarbonyl (C=S) groups is 1. The lowest BCUT2D eigenvalue weighted by atomic mass is 10.1. The number of hydrogen-bond acceptors (Lipinski definition) is 5. The molecular formula is C15H13FN2O4S2. The second-order valence-electron chi connectivity index (χ2n) is 4.93. The van der Waals surface area contributed by atoms with E-state index in [-0.39, 0.29) is 27.6 Å². The molecule has 2 rings (SSSR count). The molecule has 1 aliphatic rings. The normalized spacial score (nSPS) is 17.4. The SMILES string of the molecule is NC(=O)CCC(C(=O)O)N1C(=O)/C(=C/c2ccccc2F)SC1=S. The van der Waals surface area contributed by atoms with Gasteiger partial charge in [0.1, 0.15) is 16.2 Å². The number of hydrogen-bond donors (Lipinski definition) is 2. The van der Waals surface area contributed by atoms with Crippen molar-refractivity contribution < 1.29 is 23.9 Å². The van der Waals surface area contributed by atoms with Gasteiger partial charge in [0.05, 0.1) is 4.91 Å². The monoisotopic (exact) mass is 368 g/mol. The van der Waals surface area contributed by atoms with Crippen molar-refractivity contribution in [1.82, 2.24) is 4.90 Å². The highest BCUT2D eigenvalue weighted by atomic mass is 32.2. The van der Waals surface area contributed by atoms with Crippen LogP contribution in [0.3, 0.4) is 0 Å². The Kier molecular flexibility index (Phi) is 5.68. The molecule has 3 N–H and O–H groups in total. The van der Waals surface area contributed by atoms with E-state index in [0.29, 0.717) is 0 Å². The van der Waals surface area contributed by atoms with Crippen molar-refractivity contribution in [1.29, 1.82) is 0 Å². The van der Waals surface area contributed by atoms with Crippen LogP contribution in [0.1, 0.15) is 18.4 Å². The molecule has 0 aliphatic carbocycles. The van der Waals surface area contributed by atoms with Gasteiger partial charge in [0, 0.05) is 12.0 Å². The van der Waals surface area contributed by atoms with Crippen LogP contribution in [0.2, 0.25) is 0 Å². The van der Waals surface area contributed by atoms with E-state index in [0.717, 1.165) is 16.7 Å². The summed E-state index contributed by atoms with van der Waals surface area (Å²) in [5, 5.41) is 9.31. The van der Waals surface area contributed by atoms with Crippen LogP contribution in [0.25, 0.3) is 6.08 Å². The number of carbonyl (C=O) groups is 3. The number of nitrogens with two attached hydrogens (primary N) is 1. The third-order valence-corrected chi connectivity index (χ3v) is 4.61. The molecule has 0 aromatic heterocycles. The quantitative estimate of drug-likeness (QED) is 0.586. The molecule has 1 aromatic carbocycles. The van der Waals surface area contributed by atoms with Gasteiger partial charge in [-0.2, -0.15) is 0 Å². The van der Waals surface area contributed by atoms with E-state index < -0.39 is 29.6 Å². The summed E-state index contributed by atoms with van der Waals surface area (Å²) in [7, 11) is 0. The van der Waals surface area contributed by atoms with Gasteiger partial charge < -0.3 is 10.8 Å². The van der Waals surface area contributed by atoms with Crippen LogP contribution in [-0.2, 0) is 14.4 Å². The van der Waals surface area contributed by atoms with Crippen molar-refractivity contribution in [2.24, 2.45) is 5.73 Å². The summed E-state index contributed by atoms with van der Waals surface area (Å²) < 4.78 is 13.7. The number of aliphatic carboxylic acids is 1. The van der Waals surface area contributed by atoms with Gasteiger partial charge in [-0.1, -0.05) is 42.2 Å². The van der Waals surface area contributed by atoms with Crippen molar-refractivity contribution >= 4 is 52.2 Å². The molecule has 0 saturated carbocycles. The number of primary amides is 1. The van der Waals surface area contributed by atoms with Crippen LogP contribution in [0.4, 0.5) is 4.39 Å². The Morgan fingerprint density at radius 3 is 2.67 bits per heavy atom. The molecule has 6 nitrogen and oxygen atoms in total. The zero-order valence-electron chi connectivity index (χ0n) is 12.3. The van der Waals surface area contributed by atoms with Gasteiger partial charge in [0.2, 0.25) is 5.91 Å². The number of carboxylic acids is 1. The first-order chi connectivity index (χ1) is 11.3. The van der Waals surface area contributed by atoms with Gasteiger partial charge in [0.25, 0.3) is 5.91 Å². The molecule has 2 amide bonds. The number of thioether (sulfide) groups is 1. The fraction of sp³-hybridized carbons (Fsp3) is 0.200. The van der Waals surface area contributed by atoms with E-state index >= 15 is 0 Å². The van der Waals surface area contributed by atoms with E-state index in [1.807, 2.05) is 0 Å². The fourth-order valence-electron chi connectivity index (χ4n) is 2.12. The van der Waals surface area contributed by atoms with E-state index in [1.165, 1.54) is 24.3 Å². The molecular weight excluding hydrogens is 355 g/mol. The van der Waals surface area contributed by atoms with Crippen LogP contribution in [-0.4, -0.2) is 38.2 Å². The highest BCUT2D eigenvalue weighted by Crippen LogP contribution is 2.35. The molecule has 1 heterocycles. The standard InChI is InChI=1S/C15H13FN2O4S2/c16-9-4-2-1-3-8(9)7-11-13(20)18(15(23)24-11)10(14(21)22)5-6-12(17)19/h1-4,7,10H,5-6H2,(H2,17,19)(H,21,22)/b11-7-. The maximum atomic E-state index is 13.7. The average Bonchev–Trinajstić information content (AvgIpc) is 2.77. The minimum atomic E-state index is -1.29. The summed E-state index contributed by atoms with van der Waals surface area (Å²) in [5.74, 6) is -3.11. The number of rotatable bonds is 6. The number of nitrogens with zero attached hydrogens (tertiary/aromatic N) is 1. The third-order valence-electron chi connectivity index (χ3n) is 3.28. The number of amides is 2. The molecule has 1 aliphatic heterocycles. The maximum Gasteiger partial charge on any atom is 0.326 e. The van der Waals surface area contributed by atoms with Gasteiger partial charge in [-0.25, -0.2) is 9.18 Å². The summed E-state index contributed by atoms with van der Waals surface area (Å²) >= 11 is 5.96. The molecule has 24 heavy (non-hydrogen) atoms. The van der Waals surface area contributed by atoms with Crippen molar-refractivity contribution in [3.8, 4) is 0 Å². The smallest absolute Gasteiger partial charge is 0.326 e. The number of carboxylic acid groups (broad SMARTS) is 1. The molecule has 0 radical (unpaired) electrons. The van der Waals surface area contributed by atoms with Crippen molar-refractivity contribution in [3.63, 3.8) is 0 Å². The second-order valence-corrected chi connectivity index (χ2v) is 6.61. The van der Waals surface area contributed by atoms with Gasteiger partial charge >= 0.3 is 5.97 Å². The summed E-state index contributed by atoms with van der Waals surface area (Å²) in [6.45, 7) is 0.